The van der Waals surface area contributed by atoms with Crippen molar-refractivity contribution in [2.75, 3.05) is 11.9 Å². The molecule has 2 rings (SSSR count). The molecular weight excluding hydrogens is 300 g/mol. The minimum atomic E-state index is -0.0692. The van der Waals surface area contributed by atoms with Gasteiger partial charge in [-0.3, -0.25) is 9.59 Å². The van der Waals surface area contributed by atoms with Crippen molar-refractivity contribution in [2.45, 2.75) is 64.7 Å². The molecule has 0 aromatic heterocycles. The van der Waals surface area contributed by atoms with Crippen LogP contribution in [0.2, 0.25) is 0 Å². The van der Waals surface area contributed by atoms with E-state index in [0.29, 0.717) is 17.8 Å². The van der Waals surface area contributed by atoms with Gasteiger partial charge in [-0.2, -0.15) is 0 Å². The lowest BCUT2D eigenvalue weighted by Gasteiger charge is -2.20. The van der Waals surface area contributed by atoms with E-state index >= 15 is 0 Å². The average molecular weight is 330 g/mol. The second-order valence-corrected chi connectivity index (χ2v) is 6.72. The van der Waals surface area contributed by atoms with E-state index in [9.17, 15) is 9.59 Å². The highest BCUT2D eigenvalue weighted by Crippen LogP contribution is 2.25. The van der Waals surface area contributed by atoms with Gasteiger partial charge in [-0.25, -0.2) is 0 Å². The molecule has 24 heavy (non-hydrogen) atoms. The Morgan fingerprint density at radius 3 is 2.62 bits per heavy atom. The van der Waals surface area contributed by atoms with Gasteiger partial charge in [0.05, 0.1) is 0 Å². The van der Waals surface area contributed by atoms with E-state index < -0.39 is 0 Å². The maximum Gasteiger partial charge on any atom is 0.251 e. The number of nitrogens with one attached hydrogen (secondary N) is 2. The maximum atomic E-state index is 12.3. The van der Waals surface area contributed by atoms with Crippen molar-refractivity contribution < 1.29 is 9.59 Å². The predicted molar refractivity (Wildman–Crippen MR) is 98.1 cm³/mol. The van der Waals surface area contributed by atoms with Crippen molar-refractivity contribution in [3.63, 3.8) is 0 Å². The first kappa shape index (κ1) is 18.5. The van der Waals surface area contributed by atoms with Gasteiger partial charge in [-0.1, -0.05) is 51.5 Å². The van der Waals surface area contributed by atoms with E-state index in [1.807, 2.05) is 12.1 Å². The summed E-state index contributed by atoms with van der Waals surface area (Å²) in [7, 11) is 0. The molecule has 0 bridgehead atoms. The summed E-state index contributed by atoms with van der Waals surface area (Å²) in [4.78, 5) is 24.5. The first-order valence-corrected chi connectivity index (χ1v) is 9.40. The Hall–Kier alpha value is -1.84. The number of unbranched alkanes of at least 4 members (excludes halogenated alkanes) is 3. The summed E-state index contributed by atoms with van der Waals surface area (Å²) >= 11 is 0. The van der Waals surface area contributed by atoms with Gasteiger partial charge in [-0.05, 0) is 37.5 Å². The molecule has 0 saturated heterocycles. The van der Waals surface area contributed by atoms with Crippen molar-refractivity contribution in [3.8, 4) is 0 Å². The summed E-state index contributed by atoms with van der Waals surface area (Å²) in [6.07, 6.45) is 10.0. The fourth-order valence-electron chi connectivity index (χ4n) is 3.20. The van der Waals surface area contributed by atoms with Gasteiger partial charge < -0.3 is 10.6 Å². The molecule has 0 radical (unpaired) electrons. The van der Waals surface area contributed by atoms with Crippen molar-refractivity contribution in [3.05, 3.63) is 29.8 Å². The molecule has 1 fully saturated rings. The molecule has 132 valence electrons. The van der Waals surface area contributed by atoms with Crippen LogP contribution in [0.25, 0.3) is 0 Å². The molecular formula is C20H30N2O2. The van der Waals surface area contributed by atoms with Gasteiger partial charge in [0.25, 0.3) is 5.91 Å². The summed E-state index contributed by atoms with van der Waals surface area (Å²) in [6.45, 7) is 2.88. The fraction of sp³-hybridized carbons (Fsp3) is 0.600. The molecule has 4 heteroatoms. The first-order valence-electron chi connectivity index (χ1n) is 9.40. The van der Waals surface area contributed by atoms with Crippen LogP contribution in [0.5, 0.6) is 0 Å². The van der Waals surface area contributed by atoms with Gasteiger partial charge in [0, 0.05) is 23.7 Å². The SMILES string of the molecule is CCCCCCNC(=O)c1cccc(NC(=O)C2CCCCC2)c1. The van der Waals surface area contributed by atoms with E-state index in [1.54, 1.807) is 12.1 Å². The molecule has 1 aromatic rings. The van der Waals surface area contributed by atoms with E-state index in [0.717, 1.165) is 38.5 Å². The highest BCUT2D eigenvalue weighted by Gasteiger charge is 2.21. The Balaban J connectivity index is 1.83. The Kier molecular flexibility index (Phi) is 7.80. The van der Waals surface area contributed by atoms with Crippen LogP contribution in [0.3, 0.4) is 0 Å². The number of amides is 2. The van der Waals surface area contributed by atoms with E-state index in [2.05, 4.69) is 17.6 Å². The van der Waals surface area contributed by atoms with E-state index in [4.69, 9.17) is 0 Å². The number of carbonyl (C=O) groups is 2. The normalized spacial score (nSPS) is 15.0. The Labute approximate surface area is 145 Å². The van der Waals surface area contributed by atoms with Crippen LogP contribution in [0.4, 0.5) is 5.69 Å². The molecule has 2 N–H and O–H groups in total. The monoisotopic (exact) mass is 330 g/mol. The Morgan fingerprint density at radius 1 is 1.08 bits per heavy atom. The molecule has 4 nitrogen and oxygen atoms in total. The van der Waals surface area contributed by atoms with Gasteiger partial charge in [0.1, 0.15) is 0 Å². The second kappa shape index (κ2) is 10.1. The largest absolute Gasteiger partial charge is 0.352 e. The number of benzene rings is 1. The van der Waals surface area contributed by atoms with Crippen LogP contribution in [-0.4, -0.2) is 18.4 Å². The van der Waals surface area contributed by atoms with Crippen molar-refractivity contribution in [1.82, 2.24) is 5.32 Å². The third-order valence-electron chi connectivity index (χ3n) is 4.68. The Morgan fingerprint density at radius 2 is 1.88 bits per heavy atom. The van der Waals surface area contributed by atoms with Crippen LogP contribution in [0.1, 0.15) is 75.1 Å². The first-order chi connectivity index (χ1) is 11.7. The van der Waals surface area contributed by atoms with E-state index in [1.165, 1.54) is 19.3 Å². The van der Waals surface area contributed by atoms with Gasteiger partial charge in [0.15, 0.2) is 0 Å². The third kappa shape index (κ3) is 5.99. The predicted octanol–water partition coefficient (Wildman–Crippen LogP) is 4.52. The quantitative estimate of drug-likeness (QED) is 0.689. The number of carbonyl (C=O) groups excluding carboxylic acids is 2. The number of anilines is 1. The molecule has 1 saturated carbocycles. The van der Waals surface area contributed by atoms with Gasteiger partial charge >= 0.3 is 0 Å². The molecule has 1 aliphatic rings. The molecule has 0 spiro atoms. The lowest BCUT2D eigenvalue weighted by atomic mass is 9.88. The van der Waals surface area contributed by atoms with Crippen LogP contribution < -0.4 is 10.6 Å². The van der Waals surface area contributed by atoms with Crippen molar-refractivity contribution in [2.24, 2.45) is 5.92 Å². The summed E-state index contributed by atoms with van der Waals surface area (Å²) in [5, 5.41) is 5.92. The third-order valence-corrected chi connectivity index (χ3v) is 4.68. The number of hydrogen-bond donors (Lipinski definition) is 2. The molecule has 0 heterocycles. The summed E-state index contributed by atoms with van der Waals surface area (Å²) in [6, 6.07) is 7.22. The lowest BCUT2D eigenvalue weighted by Crippen LogP contribution is -2.26. The number of hydrogen-bond acceptors (Lipinski definition) is 2. The molecule has 2 amide bonds. The van der Waals surface area contributed by atoms with Crippen molar-refractivity contribution in [1.29, 1.82) is 0 Å². The van der Waals surface area contributed by atoms with Crippen LogP contribution in [0, 0.1) is 5.92 Å². The Bertz CT molecular complexity index is 536. The fourth-order valence-corrected chi connectivity index (χ4v) is 3.20. The highest BCUT2D eigenvalue weighted by molar-refractivity contribution is 5.97. The molecule has 0 unspecified atom stereocenters. The zero-order chi connectivity index (χ0) is 17.2. The molecule has 1 aliphatic carbocycles. The maximum absolute atomic E-state index is 12.3. The topological polar surface area (TPSA) is 58.2 Å². The molecule has 0 atom stereocenters. The molecule has 1 aromatic carbocycles. The number of rotatable bonds is 8. The standard InChI is InChI=1S/C20H30N2O2/c1-2-3-4-8-14-21-19(23)17-12-9-13-18(15-17)22-20(24)16-10-6-5-7-11-16/h9,12-13,15-16H,2-8,10-11,14H2,1H3,(H,21,23)(H,22,24). The zero-order valence-corrected chi connectivity index (χ0v) is 14.8. The molecule has 0 aliphatic heterocycles. The van der Waals surface area contributed by atoms with Crippen LogP contribution in [-0.2, 0) is 4.79 Å². The average Bonchev–Trinajstić information content (AvgIpc) is 2.62. The van der Waals surface area contributed by atoms with Crippen LogP contribution >= 0.6 is 0 Å². The second-order valence-electron chi connectivity index (χ2n) is 6.72. The zero-order valence-electron chi connectivity index (χ0n) is 14.8. The smallest absolute Gasteiger partial charge is 0.251 e. The van der Waals surface area contributed by atoms with Gasteiger partial charge in [0.2, 0.25) is 5.91 Å². The minimum absolute atomic E-state index is 0.0692. The summed E-state index contributed by atoms with van der Waals surface area (Å²) in [5.41, 5.74) is 1.32. The minimum Gasteiger partial charge on any atom is -0.352 e. The van der Waals surface area contributed by atoms with E-state index in [-0.39, 0.29) is 17.7 Å². The summed E-state index contributed by atoms with van der Waals surface area (Å²) < 4.78 is 0. The van der Waals surface area contributed by atoms with Crippen molar-refractivity contribution >= 4 is 17.5 Å². The van der Waals surface area contributed by atoms with Crippen LogP contribution in [0.15, 0.2) is 24.3 Å². The van der Waals surface area contributed by atoms with Gasteiger partial charge in [-0.15, -0.1) is 0 Å². The highest BCUT2D eigenvalue weighted by atomic mass is 16.2. The summed E-state index contributed by atoms with van der Waals surface area (Å²) in [5.74, 6) is 0.141. The lowest BCUT2D eigenvalue weighted by molar-refractivity contribution is -0.120.